The van der Waals surface area contributed by atoms with Crippen molar-refractivity contribution in [3.8, 4) is 0 Å². The van der Waals surface area contributed by atoms with Crippen molar-refractivity contribution in [1.29, 1.82) is 0 Å². The Morgan fingerprint density at radius 3 is 2.46 bits per heavy atom. The first-order valence-electron chi connectivity index (χ1n) is 7.75. The van der Waals surface area contributed by atoms with Crippen LogP contribution in [-0.4, -0.2) is 12.1 Å². The Labute approximate surface area is 154 Å². The Balaban J connectivity index is 2.14. The first kappa shape index (κ1) is 17.0. The summed E-state index contributed by atoms with van der Waals surface area (Å²) < 4.78 is 46.8. The molecule has 0 fully saturated rings. The average molecular weight is 422 g/mol. The topological polar surface area (TPSA) is 38.7 Å². The SMILES string of the molecule is Cc1ccc(Br)c2c1=C1OC(=O)C(C(F)(F)F)C(c3ccccc3)=C1N=2. The number of fused-ring (bicyclic) bond motifs is 2. The highest BCUT2D eigenvalue weighted by Crippen LogP contribution is 2.45. The molecular weight excluding hydrogens is 411 g/mol. The van der Waals surface area contributed by atoms with Crippen LogP contribution in [0, 0.1) is 12.8 Å². The number of rotatable bonds is 1. The molecule has 0 bridgehead atoms. The summed E-state index contributed by atoms with van der Waals surface area (Å²) in [5.74, 6) is -3.62. The summed E-state index contributed by atoms with van der Waals surface area (Å²) in [6.07, 6.45) is -4.78. The Hall–Kier alpha value is -2.41. The van der Waals surface area contributed by atoms with Gasteiger partial charge in [-0.3, -0.25) is 4.79 Å². The smallest absolute Gasteiger partial charge is 0.406 e. The summed E-state index contributed by atoms with van der Waals surface area (Å²) in [5.41, 5.74) is 0.946. The number of aryl methyl sites for hydroxylation is 1. The number of ether oxygens (including phenoxy) is 1. The molecule has 0 saturated carbocycles. The van der Waals surface area contributed by atoms with Gasteiger partial charge >= 0.3 is 12.1 Å². The zero-order valence-corrected chi connectivity index (χ0v) is 15.0. The fourth-order valence-electron chi connectivity index (χ4n) is 3.26. The number of alkyl halides is 3. The minimum absolute atomic E-state index is 0.0584. The molecule has 1 atom stereocenters. The maximum Gasteiger partial charge on any atom is 0.406 e. The van der Waals surface area contributed by atoms with Gasteiger partial charge in [-0.15, -0.1) is 0 Å². The van der Waals surface area contributed by atoms with Crippen LogP contribution >= 0.6 is 15.9 Å². The highest BCUT2D eigenvalue weighted by Gasteiger charge is 2.53. The van der Waals surface area contributed by atoms with Gasteiger partial charge < -0.3 is 4.74 Å². The molecule has 0 radical (unpaired) electrons. The van der Waals surface area contributed by atoms with Gasteiger partial charge in [0.2, 0.25) is 0 Å². The van der Waals surface area contributed by atoms with Crippen molar-refractivity contribution in [3.05, 3.63) is 74.3 Å². The van der Waals surface area contributed by atoms with E-state index in [2.05, 4.69) is 20.9 Å². The Morgan fingerprint density at radius 1 is 1.12 bits per heavy atom. The number of carbonyl (C=O) groups excluding carboxylic acids is 1. The molecule has 2 aliphatic heterocycles. The third-order valence-corrected chi connectivity index (χ3v) is 5.04. The van der Waals surface area contributed by atoms with Crippen molar-refractivity contribution in [2.45, 2.75) is 13.1 Å². The number of hydrogen-bond donors (Lipinski definition) is 0. The number of halogens is 4. The monoisotopic (exact) mass is 421 g/mol. The van der Waals surface area contributed by atoms with Gasteiger partial charge in [0.05, 0.1) is 5.36 Å². The van der Waals surface area contributed by atoms with Crippen LogP contribution in [0.25, 0.3) is 11.3 Å². The maximum absolute atomic E-state index is 13.7. The van der Waals surface area contributed by atoms with Gasteiger partial charge in [0.15, 0.2) is 11.7 Å². The van der Waals surface area contributed by atoms with Gasteiger partial charge in [-0.1, -0.05) is 36.4 Å². The minimum atomic E-state index is -4.78. The van der Waals surface area contributed by atoms with E-state index in [9.17, 15) is 18.0 Å². The first-order chi connectivity index (χ1) is 12.3. The quantitative estimate of drug-likeness (QED) is 0.659. The molecule has 132 valence electrons. The summed E-state index contributed by atoms with van der Waals surface area (Å²) in [5, 5.41) is 1.01. The predicted molar refractivity (Wildman–Crippen MR) is 92.1 cm³/mol. The normalized spacial score (nSPS) is 19.0. The van der Waals surface area contributed by atoms with Crippen LogP contribution in [0.1, 0.15) is 11.1 Å². The standard InChI is InChI=1S/C19H11BrF3NO2/c1-9-7-8-11(20)15-12(9)17-16(24-15)13(10-5-3-2-4-6-10)14(18(25)26-17)19(21,22)23/h2-8,14H,1H3. The van der Waals surface area contributed by atoms with Crippen LogP contribution in [0.3, 0.4) is 0 Å². The van der Waals surface area contributed by atoms with E-state index in [0.29, 0.717) is 20.6 Å². The Kier molecular flexibility index (Phi) is 3.80. The number of benzene rings is 2. The summed E-state index contributed by atoms with van der Waals surface area (Å²) in [6, 6.07) is 11.6. The summed E-state index contributed by atoms with van der Waals surface area (Å²) in [6.45, 7) is 1.79. The molecule has 26 heavy (non-hydrogen) atoms. The van der Waals surface area contributed by atoms with Crippen LogP contribution in [0.4, 0.5) is 13.2 Å². The van der Waals surface area contributed by atoms with Gasteiger partial charge in [-0.25, -0.2) is 4.99 Å². The highest BCUT2D eigenvalue weighted by atomic mass is 79.9. The lowest BCUT2D eigenvalue weighted by Crippen LogP contribution is -2.37. The molecule has 3 nitrogen and oxygen atoms in total. The van der Waals surface area contributed by atoms with E-state index in [0.717, 1.165) is 5.56 Å². The number of carbonyl (C=O) groups is 1. The van der Waals surface area contributed by atoms with Crippen molar-refractivity contribution in [3.63, 3.8) is 0 Å². The molecule has 0 aromatic heterocycles. The third-order valence-electron chi connectivity index (χ3n) is 4.40. The lowest BCUT2D eigenvalue weighted by Gasteiger charge is -2.28. The molecule has 2 heterocycles. The largest absolute Gasteiger partial charge is 0.423 e. The van der Waals surface area contributed by atoms with E-state index in [-0.39, 0.29) is 17.0 Å². The van der Waals surface area contributed by atoms with Gasteiger partial charge in [-0.2, -0.15) is 13.2 Å². The van der Waals surface area contributed by atoms with Gasteiger partial charge in [-0.05, 0) is 40.0 Å². The van der Waals surface area contributed by atoms with E-state index in [1.807, 2.05) is 0 Å². The Morgan fingerprint density at radius 2 is 1.81 bits per heavy atom. The maximum atomic E-state index is 13.7. The Bertz CT molecular complexity index is 1090. The predicted octanol–water partition coefficient (Wildman–Crippen LogP) is 3.65. The third kappa shape index (κ3) is 2.49. The van der Waals surface area contributed by atoms with E-state index in [1.54, 1.807) is 37.3 Å². The van der Waals surface area contributed by atoms with Gasteiger partial charge in [0.1, 0.15) is 5.70 Å². The van der Waals surface area contributed by atoms with Crippen molar-refractivity contribution in [1.82, 2.24) is 0 Å². The van der Waals surface area contributed by atoms with Crippen LogP contribution in [0.15, 0.2) is 57.6 Å². The molecule has 0 amide bonds. The molecule has 0 aliphatic carbocycles. The fourth-order valence-corrected chi connectivity index (χ4v) is 3.68. The number of esters is 1. The average Bonchev–Trinajstić information content (AvgIpc) is 2.97. The second-order valence-corrected chi connectivity index (χ2v) is 6.91. The van der Waals surface area contributed by atoms with Crippen LogP contribution in [0.2, 0.25) is 0 Å². The van der Waals surface area contributed by atoms with Crippen LogP contribution < -0.4 is 10.6 Å². The van der Waals surface area contributed by atoms with Gasteiger partial charge in [0, 0.05) is 15.3 Å². The molecule has 0 saturated heterocycles. The molecule has 1 unspecified atom stereocenters. The van der Waals surface area contributed by atoms with Crippen molar-refractivity contribution < 1.29 is 22.7 Å². The van der Waals surface area contributed by atoms with Crippen molar-refractivity contribution >= 4 is 33.2 Å². The number of hydrogen-bond acceptors (Lipinski definition) is 3. The molecule has 4 rings (SSSR count). The van der Waals surface area contributed by atoms with Gasteiger partial charge in [0.25, 0.3) is 0 Å². The second kappa shape index (κ2) is 5.81. The van der Waals surface area contributed by atoms with Crippen LogP contribution in [0.5, 0.6) is 0 Å². The number of nitrogens with zero attached hydrogens (tertiary/aromatic N) is 1. The molecular formula is C19H11BrF3NO2. The molecule has 7 heteroatoms. The summed E-state index contributed by atoms with van der Waals surface area (Å²) >= 11 is 3.37. The van der Waals surface area contributed by atoms with Crippen molar-refractivity contribution in [2.24, 2.45) is 10.9 Å². The van der Waals surface area contributed by atoms with E-state index >= 15 is 0 Å². The minimum Gasteiger partial charge on any atom is -0.423 e. The first-order valence-corrected chi connectivity index (χ1v) is 8.55. The molecule has 0 N–H and O–H groups in total. The molecule has 0 spiro atoms. The second-order valence-electron chi connectivity index (χ2n) is 6.05. The summed E-state index contributed by atoms with van der Waals surface area (Å²) in [4.78, 5) is 16.7. The van der Waals surface area contributed by atoms with Crippen LogP contribution in [-0.2, 0) is 9.53 Å². The fraction of sp³-hybridized carbons (Fsp3) is 0.158. The molecule has 2 aromatic rings. The lowest BCUT2D eigenvalue weighted by atomic mass is 9.87. The van der Waals surface area contributed by atoms with Crippen molar-refractivity contribution in [2.75, 3.05) is 0 Å². The molecule has 2 aromatic carbocycles. The molecule has 2 aliphatic rings. The van der Waals surface area contributed by atoms with E-state index in [1.165, 1.54) is 12.1 Å². The van der Waals surface area contributed by atoms with E-state index < -0.39 is 18.1 Å². The summed E-state index contributed by atoms with van der Waals surface area (Å²) in [7, 11) is 0. The highest BCUT2D eigenvalue weighted by molar-refractivity contribution is 9.10. The zero-order chi connectivity index (χ0) is 18.6. The lowest BCUT2D eigenvalue weighted by molar-refractivity contribution is -0.182. The zero-order valence-electron chi connectivity index (χ0n) is 13.4. The van der Waals surface area contributed by atoms with E-state index in [4.69, 9.17) is 4.74 Å².